The lowest BCUT2D eigenvalue weighted by atomic mass is 9.97. The summed E-state index contributed by atoms with van der Waals surface area (Å²) in [6.07, 6.45) is 4.95. The molecule has 2 atom stereocenters. The first-order chi connectivity index (χ1) is 10.6. The van der Waals surface area contributed by atoms with E-state index in [2.05, 4.69) is 38.2 Å². The van der Waals surface area contributed by atoms with Crippen LogP contribution in [0.3, 0.4) is 0 Å². The lowest BCUT2D eigenvalue weighted by molar-refractivity contribution is -0.0237. The smallest absolute Gasteiger partial charge is 0.198 e. The highest BCUT2D eigenvalue weighted by Gasteiger charge is 2.21. The van der Waals surface area contributed by atoms with Crippen LogP contribution in [-0.4, -0.2) is 24.0 Å². The van der Waals surface area contributed by atoms with Crippen LogP contribution in [0, 0.1) is 5.92 Å². The van der Waals surface area contributed by atoms with Gasteiger partial charge in [0.25, 0.3) is 0 Å². The van der Waals surface area contributed by atoms with Crippen LogP contribution in [-0.2, 0) is 0 Å². The van der Waals surface area contributed by atoms with Crippen molar-refractivity contribution < 1.29 is 9.84 Å². The molecule has 1 fully saturated rings. The highest BCUT2D eigenvalue weighted by molar-refractivity contribution is 5.36. The van der Waals surface area contributed by atoms with Gasteiger partial charge in [0.05, 0.1) is 0 Å². The van der Waals surface area contributed by atoms with Crippen molar-refractivity contribution in [2.45, 2.75) is 71.1 Å². The summed E-state index contributed by atoms with van der Waals surface area (Å²) in [5, 5.41) is 13.6. The monoisotopic (exact) mass is 305 g/mol. The van der Waals surface area contributed by atoms with Gasteiger partial charge in [0, 0.05) is 19.0 Å². The van der Waals surface area contributed by atoms with Gasteiger partial charge in [-0.15, -0.1) is 0 Å². The standard InChI is InChI=1S/C19H31NO2/c1-14(2)15(3)20-13-12-19(21)22-18-11-7-6-10-17(18)16-8-4-5-9-16/h6-7,10-11,14-16,19-21H,4-5,8-9,12-13H2,1-3H3. The summed E-state index contributed by atoms with van der Waals surface area (Å²) in [7, 11) is 0. The average Bonchev–Trinajstić information content (AvgIpc) is 3.01. The first-order valence-electron chi connectivity index (χ1n) is 8.75. The van der Waals surface area contributed by atoms with Crippen LogP contribution in [0.5, 0.6) is 5.75 Å². The molecule has 2 unspecified atom stereocenters. The number of rotatable bonds is 8. The Morgan fingerprint density at radius 2 is 1.86 bits per heavy atom. The molecule has 3 nitrogen and oxygen atoms in total. The van der Waals surface area contributed by atoms with Crippen molar-refractivity contribution in [1.82, 2.24) is 5.32 Å². The fraction of sp³-hybridized carbons (Fsp3) is 0.684. The predicted octanol–water partition coefficient (Wildman–Crippen LogP) is 4.07. The third kappa shape index (κ3) is 4.99. The molecule has 3 heteroatoms. The van der Waals surface area contributed by atoms with Crippen LogP contribution < -0.4 is 10.1 Å². The molecule has 1 aromatic rings. The van der Waals surface area contributed by atoms with E-state index in [4.69, 9.17) is 4.74 Å². The van der Waals surface area contributed by atoms with Crippen LogP contribution >= 0.6 is 0 Å². The minimum Gasteiger partial charge on any atom is -0.465 e. The fourth-order valence-corrected chi connectivity index (χ4v) is 3.04. The largest absolute Gasteiger partial charge is 0.465 e. The van der Waals surface area contributed by atoms with Crippen molar-refractivity contribution >= 4 is 0 Å². The number of hydrogen-bond donors (Lipinski definition) is 2. The van der Waals surface area contributed by atoms with E-state index in [9.17, 15) is 5.11 Å². The topological polar surface area (TPSA) is 41.5 Å². The van der Waals surface area contributed by atoms with Gasteiger partial charge >= 0.3 is 0 Å². The Bertz CT molecular complexity index is 441. The second-order valence-corrected chi connectivity index (χ2v) is 6.87. The molecular formula is C19H31NO2. The molecule has 1 saturated carbocycles. The summed E-state index contributed by atoms with van der Waals surface area (Å²) in [6.45, 7) is 7.34. The molecule has 0 heterocycles. The highest BCUT2D eigenvalue weighted by atomic mass is 16.6. The summed E-state index contributed by atoms with van der Waals surface area (Å²) in [5.41, 5.74) is 1.27. The molecule has 0 amide bonds. The number of aliphatic hydroxyl groups is 1. The summed E-state index contributed by atoms with van der Waals surface area (Å²) in [6, 6.07) is 8.65. The van der Waals surface area contributed by atoms with E-state index in [1.54, 1.807) is 0 Å². The van der Waals surface area contributed by atoms with Gasteiger partial charge in [-0.05, 0) is 43.2 Å². The van der Waals surface area contributed by atoms with Gasteiger partial charge in [-0.2, -0.15) is 0 Å². The van der Waals surface area contributed by atoms with Crippen LogP contribution in [0.15, 0.2) is 24.3 Å². The van der Waals surface area contributed by atoms with Gasteiger partial charge in [0.2, 0.25) is 0 Å². The van der Waals surface area contributed by atoms with Crippen molar-refractivity contribution in [2.24, 2.45) is 5.92 Å². The van der Waals surface area contributed by atoms with Crippen LogP contribution in [0.25, 0.3) is 0 Å². The lowest BCUT2D eigenvalue weighted by Gasteiger charge is -2.21. The predicted molar refractivity (Wildman–Crippen MR) is 91.2 cm³/mol. The van der Waals surface area contributed by atoms with Crippen molar-refractivity contribution in [3.8, 4) is 5.75 Å². The quantitative estimate of drug-likeness (QED) is 0.712. The maximum Gasteiger partial charge on any atom is 0.198 e. The molecule has 22 heavy (non-hydrogen) atoms. The number of nitrogens with one attached hydrogen (secondary N) is 1. The molecule has 1 aliphatic carbocycles. The molecule has 0 radical (unpaired) electrons. The van der Waals surface area contributed by atoms with Crippen molar-refractivity contribution in [3.63, 3.8) is 0 Å². The number of ether oxygens (including phenoxy) is 1. The van der Waals surface area contributed by atoms with Gasteiger partial charge in [0.15, 0.2) is 6.29 Å². The zero-order valence-electron chi connectivity index (χ0n) is 14.2. The second kappa shape index (κ2) is 8.54. The summed E-state index contributed by atoms with van der Waals surface area (Å²) >= 11 is 0. The Kier molecular flexibility index (Phi) is 6.71. The summed E-state index contributed by atoms with van der Waals surface area (Å²) < 4.78 is 5.82. The Hall–Kier alpha value is -1.06. The Morgan fingerprint density at radius 1 is 1.18 bits per heavy atom. The molecule has 2 N–H and O–H groups in total. The van der Waals surface area contributed by atoms with Gasteiger partial charge in [-0.25, -0.2) is 0 Å². The van der Waals surface area contributed by atoms with E-state index in [1.807, 2.05) is 12.1 Å². The van der Waals surface area contributed by atoms with Crippen molar-refractivity contribution in [3.05, 3.63) is 29.8 Å². The molecule has 124 valence electrons. The normalized spacial score (nSPS) is 18.6. The zero-order valence-corrected chi connectivity index (χ0v) is 14.2. The molecule has 0 spiro atoms. The molecule has 0 bridgehead atoms. The van der Waals surface area contributed by atoms with Crippen molar-refractivity contribution in [2.75, 3.05) is 6.54 Å². The van der Waals surface area contributed by atoms with E-state index >= 15 is 0 Å². The van der Waals surface area contributed by atoms with Crippen LogP contribution in [0.4, 0.5) is 0 Å². The summed E-state index contributed by atoms with van der Waals surface area (Å²) in [5.74, 6) is 2.06. The van der Waals surface area contributed by atoms with E-state index in [-0.39, 0.29) is 0 Å². The zero-order chi connectivity index (χ0) is 15.9. The Morgan fingerprint density at radius 3 is 2.55 bits per heavy atom. The molecule has 0 aliphatic heterocycles. The first-order valence-corrected chi connectivity index (χ1v) is 8.75. The van der Waals surface area contributed by atoms with E-state index in [0.29, 0.717) is 24.3 Å². The number of benzene rings is 1. The minimum atomic E-state index is -0.741. The average molecular weight is 305 g/mol. The second-order valence-electron chi connectivity index (χ2n) is 6.87. The molecular weight excluding hydrogens is 274 g/mol. The SMILES string of the molecule is CC(C)C(C)NCCC(O)Oc1ccccc1C1CCCC1. The van der Waals surface area contributed by atoms with Gasteiger partial charge in [-0.1, -0.05) is 44.9 Å². The first kappa shape index (κ1) is 17.3. The van der Waals surface area contributed by atoms with E-state index < -0.39 is 6.29 Å². The van der Waals surface area contributed by atoms with Crippen molar-refractivity contribution in [1.29, 1.82) is 0 Å². The summed E-state index contributed by atoms with van der Waals surface area (Å²) in [4.78, 5) is 0. The molecule has 0 saturated heterocycles. The Labute approximate surface area is 135 Å². The fourth-order valence-electron chi connectivity index (χ4n) is 3.04. The van der Waals surface area contributed by atoms with Gasteiger partial charge in [0.1, 0.15) is 5.75 Å². The maximum absolute atomic E-state index is 10.2. The van der Waals surface area contributed by atoms with Crippen LogP contribution in [0.1, 0.15) is 64.4 Å². The minimum absolute atomic E-state index is 0.456. The number of hydrogen-bond acceptors (Lipinski definition) is 3. The van der Waals surface area contributed by atoms with Gasteiger partial charge in [-0.3, -0.25) is 0 Å². The third-order valence-electron chi connectivity index (χ3n) is 4.83. The Balaban J connectivity index is 1.85. The third-order valence-corrected chi connectivity index (χ3v) is 4.83. The molecule has 2 rings (SSSR count). The molecule has 0 aromatic heterocycles. The van der Waals surface area contributed by atoms with E-state index in [1.165, 1.54) is 31.2 Å². The van der Waals surface area contributed by atoms with E-state index in [0.717, 1.165) is 12.3 Å². The molecule has 1 aliphatic rings. The van der Waals surface area contributed by atoms with Crippen LogP contribution in [0.2, 0.25) is 0 Å². The molecule has 1 aromatic carbocycles. The van der Waals surface area contributed by atoms with Gasteiger partial charge < -0.3 is 15.2 Å². The number of aliphatic hydroxyl groups excluding tert-OH is 1. The number of para-hydroxylation sites is 1. The maximum atomic E-state index is 10.2. The lowest BCUT2D eigenvalue weighted by Crippen LogP contribution is -2.34. The highest BCUT2D eigenvalue weighted by Crippen LogP contribution is 2.38.